The topological polar surface area (TPSA) is 118 Å². The maximum atomic E-state index is 12.6. The largest absolute Gasteiger partial charge is 0.476 e. The molecule has 1 N–H and O–H groups in total. The summed E-state index contributed by atoms with van der Waals surface area (Å²) >= 11 is 0. The lowest BCUT2D eigenvalue weighted by molar-refractivity contribution is -0.124. The van der Waals surface area contributed by atoms with Crippen LogP contribution in [-0.4, -0.2) is 81.9 Å². The van der Waals surface area contributed by atoms with E-state index in [1.807, 2.05) is 6.07 Å². The minimum Gasteiger partial charge on any atom is -0.476 e. The van der Waals surface area contributed by atoms with E-state index in [2.05, 4.69) is 42.2 Å². The first-order chi connectivity index (χ1) is 16.5. The number of ether oxygens (including phenoxy) is 1. The molecule has 0 spiro atoms. The standard InChI is InChI=1S/C23H28N8O3/c1-17(31-22(32)4-3-19(28-31)18-5-7-24-8-6-18)23(33)25-9-14-34-21-15-20(26-16-27-21)30-12-10-29(2)11-13-30/h3-8,15-17H,9-14H2,1-2H3,(H,25,33). The molecule has 11 heteroatoms. The van der Waals surface area contributed by atoms with Crippen molar-refractivity contribution in [3.63, 3.8) is 0 Å². The number of nitrogens with one attached hydrogen (secondary N) is 1. The monoisotopic (exact) mass is 464 g/mol. The Labute approximate surface area is 197 Å². The Bertz CT molecular complexity index is 1160. The smallest absolute Gasteiger partial charge is 0.267 e. The lowest BCUT2D eigenvalue weighted by Crippen LogP contribution is -2.44. The van der Waals surface area contributed by atoms with Crippen LogP contribution in [0.3, 0.4) is 0 Å². The fourth-order valence-corrected chi connectivity index (χ4v) is 3.59. The van der Waals surface area contributed by atoms with Crippen LogP contribution in [0.1, 0.15) is 13.0 Å². The first kappa shape index (κ1) is 23.3. The highest BCUT2D eigenvalue weighted by Crippen LogP contribution is 2.17. The van der Waals surface area contributed by atoms with Crippen molar-refractivity contribution in [2.24, 2.45) is 0 Å². The van der Waals surface area contributed by atoms with Crippen molar-refractivity contribution in [2.45, 2.75) is 13.0 Å². The van der Waals surface area contributed by atoms with E-state index in [4.69, 9.17) is 4.74 Å². The molecule has 0 aliphatic carbocycles. The molecule has 1 amide bonds. The molecule has 1 unspecified atom stereocenters. The van der Waals surface area contributed by atoms with Gasteiger partial charge in [-0.05, 0) is 32.2 Å². The summed E-state index contributed by atoms with van der Waals surface area (Å²) in [5, 5.41) is 7.15. The second-order valence-electron chi connectivity index (χ2n) is 8.06. The van der Waals surface area contributed by atoms with Crippen LogP contribution in [-0.2, 0) is 4.79 Å². The van der Waals surface area contributed by atoms with Crippen LogP contribution in [0.2, 0.25) is 0 Å². The highest BCUT2D eigenvalue weighted by atomic mass is 16.5. The molecule has 0 aromatic carbocycles. The number of pyridine rings is 1. The summed E-state index contributed by atoms with van der Waals surface area (Å²) < 4.78 is 6.88. The number of anilines is 1. The second-order valence-corrected chi connectivity index (χ2v) is 8.06. The van der Waals surface area contributed by atoms with E-state index in [0.717, 1.165) is 37.6 Å². The van der Waals surface area contributed by atoms with E-state index < -0.39 is 6.04 Å². The number of hydrogen-bond donors (Lipinski definition) is 1. The minimum absolute atomic E-state index is 0.233. The molecule has 1 aliphatic heterocycles. The highest BCUT2D eigenvalue weighted by molar-refractivity contribution is 5.79. The average Bonchev–Trinajstić information content (AvgIpc) is 2.87. The van der Waals surface area contributed by atoms with Crippen LogP contribution < -0.4 is 20.5 Å². The average molecular weight is 465 g/mol. The normalized spacial score (nSPS) is 15.1. The van der Waals surface area contributed by atoms with E-state index in [1.165, 1.54) is 17.1 Å². The Balaban J connectivity index is 1.30. The first-order valence-electron chi connectivity index (χ1n) is 11.2. The molecule has 3 aromatic rings. The van der Waals surface area contributed by atoms with Gasteiger partial charge >= 0.3 is 0 Å². The number of likely N-dealkylation sites (N-methyl/N-ethyl adjacent to an activating group) is 1. The SMILES string of the molecule is CC(C(=O)NCCOc1cc(N2CCN(C)CC2)ncn1)n1nc(-c2ccncc2)ccc1=O. The van der Waals surface area contributed by atoms with Gasteiger partial charge in [-0.15, -0.1) is 0 Å². The number of carbonyl (C=O) groups is 1. The summed E-state index contributed by atoms with van der Waals surface area (Å²) in [5.74, 6) is 0.954. The fourth-order valence-electron chi connectivity index (χ4n) is 3.59. The zero-order valence-corrected chi connectivity index (χ0v) is 19.3. The molecule has 1 fully saturated rings. The van der Waals surface area contributed by atoms with Crippen molar-refractivity contribution in [3.05, 3.63) is 59.4 Å². The van der Waals surface area contributed by atoms with Crippen molar-refractivity contribution in [3.8, 4) is 17.1 Å². The molecule has 34 heavy (non-hydrogen) atoms. The Morgan fingerprint density at radius 2 is 1.88 bits per heavy atom. The summed E-state index contributed by atoms with van der Waals surface area (Å²) in [4.78, 5) is 41.9. The molecular formula is C23H28N8O3. The molecule has 3 aromatic heterocycles. The van der Waals surface area contributed by atoms with E-state index >= 15 is 0 Å². The number of aromatic nitrogens is 5. The third-order valence-corrected chi connectivity index (χ3v) is 5.65. The molecule has 0 radical (unpaired) electrons. The Kier molecular flexibility index (Phi) is 7.43. The van der Waals surface area contributed by atoms with Crippen LogP contribution in [0.25, 0.3) is 11.3 Å². The van der Waals surface area contributed by atoms with Gasteiger partial charge in [0.25, 0.3) is 5.56 Å². The quantitative estimate of drug-likeness (QED) is 0.478. The van der Waals surface area contributed by atoms with Crippen LogP contribution in [0.15, 0.2) is 53.8 Å². The van der Waals surface area contributed by atoms with E-state index in [-0.39, 0.29) is 24.6 Å². The van der Waals surface area contributed by atoms with Crippen LogP contribution in [0.5, 0.6) is 5.88 Å². The van der Waals surface area contributed by atoms with Crippen molar-refractivity contribution in [1.29, 1.82) is 0 Å². The third kappa shape index (κ3) is 5.73. The van der Waals surface area contributed by atoms with Gasteiger partial charge < -0.3 is 19.9 Å². The number of hydrogen-bond acceptors (Lipinski definition) is 9. The lowest BCUT2D eigenvalue weighted by Gasteiger charge is -2.33. The van der Waals surface area contributed by atoms with Gasteiger partial charge in [0.15, 0.2) is 0 Å². The fraction of sp³-hybridized carbons (Fsp3) is 0.391. The van der Waals surface area contributed by atoms with Gasteiger partial charge in [0.1, 0.15) is 24.8 Å². The first-order valence-corrected chi connectivity index (χ1v) is 11.2. The number of piperazine rings is 1. The summed E-state index contributed by atoms with van der Waals surface area (Å²) in [6.07, 6.45) is 4.78. The number of carbonyl (C=O) groups excluding carboxylic acids is 1. The number of amides is 1. The molecule has 11 nitrogen and oxygen atoms in total. The van der Waals surface area contributed by atoms with Crippen molar-refractivity contribution >= 4 is 11.7 Å². The van der Waals surface area contributed by atoms with Crippen LogP contribution in [0.4, 0.5) is 5.82 Å². The Morgan fingerprint density at radius 3 is 2.65 bits per heavy atom. The summed E-state index contributed by atoms with van der Waals surface area (Å²) in [6, 6.07) is 7.65. The van der Waals surface area contributed by atoms with E-state index in [0.29, 0.717) is 11.6 Å². The highest BCUT2D eigenvalue weighted by Gasteiger charge is 2.18. The Morgan fingerprint density at radius 1 is 1.12 bits per heavy atom. The van der Waals surface area contributed by atoms with Gasteiger partial charge in [-0.25, -0.2) is 14.6 Å². The second kappa shape index (κ2) is 10.8. The molecule has 4 rings (SSSR count). The molecule has 0 bridgehead atoms. The van der Waals surface area contributed by atoms with Crippen LogP contribution in [0, 0.1) is 0 Å². The van der Waals surface area contributed by atoms with Gasteiger partial charge in [0.05, 0.1) is 12.2 Å². The van der Waals surface area contributed by atoms with Crippen molar-refractivity contribution < 1.29 is 9.53 Å². The van der Waals surface area contributed by atoms with Crippen LogP contribution >= 0.6 is 0 Å². The number of nitrogens with zero attached hydrogens (tertiary/aromatic N) is 7. The third-order valence-electron chi connectivity index (χ3n) is 5.65. The van der Waals surface area contributed by atoms with E-state index in [1.54, 1.807) is 37.5 Å². The maximum absolute atomic E-state index is 12.6. The molecule has 4 heterocycles. The summed E-state index contributed by atoms with van der Waals surface area (Å²) in [6.45, 7) is 5.88. The zero-order chi connectivity index (χ0) is 23.9. The summed E-state index contributed by atoms with van der Waals surface area (Å²) in [7, 11) is 2.10. The molecule has 1 saturated heterocycles. The van der Waals surface area contributed by atoms with Crippen molar-refractivity contribution in [2.75, 3.05) is 51.3 Å². The van der Waals surface area contributed by atoms with E-state index in [9.17, 15) is 9.59 Å². The van der Waals surface area contributed by atoms with Gasteiger partial charge in [-0.2, -0.15) is 5.10 Å². The van der Waals surface area contributed by atoms with Gasteiger partial charge in [0.2, 0.25) is 11.8 Å². The minimum atomic E-state index is -0.780. The summed E-state index contributed by atoms with van der Waals surface area (Å²) in [5.41, 5.74) is 1.05. The van der Waals surface area contributed by atoms with Gasteiger partial charge in [0, 0.05) is 56.3 Å². The maximum Gasteiger partial charge on any atom is 0.267 e. The zero-order valence-electron chi connectivity index (χ0n) is 19.3. The molecule has 0 saturated carbocycles. The van der Waals surface area contributed by atoms with Crippen molar-refractivity contribution in [1.82, 2.24) is 34.9 Å². The predicted molar refractivity (Wildman–Crippen MR) is 127 cm³/mol. The molecular weight excluding hydrogens is 436 g/mol. The molecule has 1 aliphatic rings. The van der Waals surface area contributed by atoms with Gasteiger partial charge in [-0.1, -0.05) is 0 Å². The number of rotatable bonds is 8. The molecule has 1 atom stereocenters. The lowest BCUT2D eigenvalue weighted by atomic mass is 10.2. The predicted octanol–water partition coefficient (Wildman–Crippen LogP) is 0.603. The van der Waals surface area contributed by atoms with Gasteiger partial charge in [-0.3, -0.25) is 14.6 Å². The Hall–Kier alpha value is -3.86. The molecule has 178 valence electrons.